The summed E-state index contributed by atoms with van der Waals surface area (Å²) in [5.41, 5.74) is 2.64. The van der Waals surface area contributed by atoms with E-state index in [0.717, 1.165) is 11.4 Å². The second kappa shape index (κ2) is 3.35. The molecule has 0 unspecified atom stereocenters. The van der Waals surface area contributed by atoms with E-state index < -0.39 is 5.54 Å². The molecule has 3 N–H and O–H groups in total. The van der Waals surface area contributed by atoms with Crippen LogP contribution in [-0.2, 0) is 4.79 Å². The summed E-state index contributed by atoms with van der Waals surface area (Å²) in [5, 5.41) is 6.66. The van der Waals surface area contributed by atoms with E-state index in [2.05, 4.69) is 10.4 Å². The molecule has 2 aliphatic heterocycles. The number of rotatable bonds is 0. The highest BCUT2D eigenvalue weighted by molar-refractivity contribution is 6.22. The van der Waals surface area contributed by atoms with Crippen LogP contribution in [0.5, 0.6) is 0 Å². The highest BCUT2D eigenvalue weighted by atomic mass is 16.2. The number of nitrogens with two attached hydrogens (primary N) is 1. The lowest BCUT2D eigenvalue weighted by molar-refractivity contribution is -0.113. The molecule has 0 fully saturated rings. The van der Waals surface area contributed by atoms with Crippen molar-refractivity contribution in [3.05, 3.63) is 36.0 Å². The van der Waals surface area contributed by atoms with Crippen LogP contribution in [0.3, 0.4) is 0 Å². The standard InChI is InChI=1S/C13H14N4O/c1-13(2)11(16-14)7-10-12(18)15-8-5-3-4-6-9(8)17(10)13/h3-7H,14H2,1-2H3,(H,15,18)/b16-11-. The fourth-order valence-electron chi connectivity index (χ4n) is 2.54. The van der Waals surface area contributed by atoms with Gasteiger partial charge in [0.05, 0.1) is 22.6 Å². The molecule has 3 rings (SSSR count). The first-order chi connectivity index (χ1) is 8.55. The first kappa shape index (κ1) is 10.8. The van der Waals surface area contributed by atoms with Gasteiger partial charge in [0.2, 0.25) is 0 Å². The number of hydrogen-bond acceptors (Lipinski definition) is 4. The zero-order chi connectivity index (χ0) is 12.9. The molecular formula is C13H14N4O. The maximum atomic E-state index is 12.1. The van der Waals surface area contributed by atoms with Crippen LogP contribution in [0.1, 0.15) is 13.8 Å². The maximum absolute atomic E-state index is 12.1. The van der Waals surface area contributed by atoms with Crippen LogP contribution in [0.15, 0.2) is 41.1 Å². The van der Waals surface area contributed by atoms with Crippen LogP contribution in [0.2, 0.25) is 0 Å². The van der Waals surface area contributed by atoms with Crippen molar-refractivity contribution in [2.75, 3.05) is 10.2 Å². The highest BCUT2D eigenvalue weighted by Gasteiger charge is 2.45. The average Bonchev–Trinajstić information content (AvgIpc) is 2.62. The van der Waals surface area contributed by atoms with Gasteiger partial charge in [-0.3, -0.25) is 4.79 Å². The van der Waals surface area contributed by atoms with Crippen LogP contribution in [-0.4, -0.2) is 17.2 Å². The van der Waals surface area contributed by atoms with Gasteiger partial charge in [0.15, 0.2) is 0 Å². The SMILES string of the molecule is CC1(C)/C(=N\N)C=C2C(=O)Nc3ccccc3N21. The molecule has 1 amide bonds. The summed E-state index contributed by atoms with van der Waals surface area (Å²) >= 11 is 0. The summed E-state index contributed by atoms with van der Waals surface area (Å²) in [6.07, 6.45) is 1.74. The minimum Gasteiger partial charge on any atom is -0.324 e. The van der Waals surface area contributed by atoms with Crippen LogP contribution in [0, 0.1) is 0 Å². The van der Waals surface area contributed by atoms with Gasteiger partial charge >= 0.3 is 0 Å². The van der Waals surface area contributed by atoms with Gasteiger partial charge in [0, 0.05) is 0 Å². The Morgan fingerprint density at radius 2 is 2.06 bits per heavy atom. The van der Waals surface area contributed by atoms with Crippen molar-refractivity contribution >= 4 is 23.0 Å². The molecule has 18 heavy (non-hydrogen) atoms. The van der Waals surface area contributed by atoms with Gasteiger partial charge in [-0.1, -0.05) is 12.1 Å². The molecule has 92 valence electrons. The van der Waals surface area contributed by atoms with Gasteiger partial charge in [-0.25, -0.2) is 0 Å². The second-order valence-corrected chi connectivity index (χ2v) is 4.91. The zero-order valence-corrected chi connectivity index (χ0v) is 10.3. The number of benzene rings is 1. The van der Waals surface area contributed by atoms with Gasteiger partial charge in [0.1, 0.15) is 5.70 Å². The third kappa shape index (κ3) is 1.21. The number of carbonyl (C=O) groups excluding carboxylic acids is 1. The smallest absolute Gasteiger partial charge is 0.272 e. The first-order valence-corrected chi connectivity index (χ1v) is 5.76. The van der Waals surface area contributed by atoms with Gasteiger partial charge in [-0.2, -0.15) is 5.10 Å². The summed E-state index contributed by atoms with van der Waals surface area (Å²) in [6, 6.07) is 7.71. The van der Waals surface area contributed by atoms with Crippen LogP contribution >= 0.6 is 0 Å². The quantitative estimate of drug-likeness (QED) is 0.534. The summed E-state index contributed by atoms with van der Waals surface area (Å²) in [4.78, 5) is 14.0. The normalized spacial score (nSPS) is 22.3. The number of anilines is 2. The summed E-state index contributed by atoms with van der Waals surface area (Å²) < 4.78 is 0. The Labute approximate surface area is 105 Å². The lowest BCUT2D eigenvalue weighted by Crippen LogP contribution is -2.48. The molecule has 1 aromatic rings. The Bertz CT molecular complexity index is 601. The predicted molar refractivity (Wildman–Crippen MR) is 71.3 cm³/mol. The summed E-state index contributed by atoms with van der Waals surface area (Å²) in [5.74, 6) is 5.29. The number of para-hydroxylation sites is 2. The Balaban J connectivity index is 2.25. The third-order valence-corrected chi connectivity index (χ3v) is 3.47. The molecule has 0 aromatic heterocycles. The first-order valence-electron chi connectivity index (χ1n) is 5.76. The van der Waals surface area contributed by atoms with E-state index in [4.69, 9.17) is 5.84 Å². The topological polar surface area (TPSA) is 70.7 Å². The number of nitrogens with one attached hydrogen (secondary N) is 1. The molecular weight excluding hydrogens is 228 g/mol. The van der Waals surface area contributed by atoms with E-state index >= 15 is 0 Å². The highest BCUT2D eigenvalue weighted by Crippen LogP contribution is 2.42. The number of hydrazone groups is 1. The number of nitrogens with zero attached hydrogens (tertiary/aromatic N) is 2. The van der Waals surface area contributed by atoms with E-state index in [-0.39, 0.29) is 5.91 Å². The second-order valence-electron chi connectivity index (χ2n) is 4.91. The number of hydrogen-bond donors (Lipinski definition) is 2. The van der Waals surface area contributed by atoms with Crippen LogP contribution in [0.4, 0.5) is 11.4 Å². The van der Waals surface area contributed by atoms with Crippen molar-refractivity contribution < 1.29 is 4.79 Å². The van der Waals surface area contributed by atoms with Gasteiger partial charge in [0.25, 0.3) is 5.91 Å². The van der Waals surface area contributed by atoms with Gasteiger partial charge in [-0.05, 0) is 32.1 Å². The maximum Gasteiger partial charge on any atom is 0.272 e. The van der Waals surface area contributed by atoms with Crippen molar-refractivity contribution in [3.8, 4) is 0 Å². The molecule has 0 aliphatic carbocycles. The molecule has 2 aliphatic rings. The monoisotopic (exact) mass is 242 g/mol. The van der Waals surface area contributed by atoms with E-state index in [9.17, 15) is 4.79 Å². The van der Waals surface area contributed by atoms with Crippen molar-refractivity contribution in [2.45, 2.75) is 19.4 Å². The van der Waals surface area contributed by atoms with Gasteiger partial charge < -0.3 is 16.1 Å². The Morgan fingerprint density at radius 1 is 1.33 bits per heavy atom. The molecule has 0 bridgehead atoms. The lowest BCUT2D eigenvalue weighted by Gasteiger charge is -2.39. The molecule has 2 heterocycles. The fourth-order valence-corrected chi connectivity index (χ4v) is 2.54. The summed E-state index contributed by atoms with van der Waals surface area (Å²) in [7, 11) is 0. The van der Waals surface area contributed by atoms with E-state index in [1.165, 1.54) is 0 Å². The molecule has 0 atom stereocenters. The molecule has 0 saturated heterocycles. The van der Waals surface area contributed by atoms with Crippen LogP contribution in [0.25, 0.3) is 0 Å². The van der Waals surface area contributed by atoms with Crippen molar-refractivity contribution in [1.82, 2.24) is 0 Å². The molecule has 1 aromatic carbocycles. The van der Waals surface area contributed by atoms with E-state index in [0.29, 0.717) is 11.4 Å². The predicted octanol–water partition coefficient (Wildman–Crippen LogP) is 1.44. The van der Waals surface area contributed by atoms with Crippen molar-refractivity contribution in [2.24, 2.45) is 10.9 Å². The van der Waals surface area contributed by atoms with Crippen molar-refractivity contribution in [3.63, 3.8) is 0 Å². The third-order valence-electron chi connectivity index (χ3n) is 3.47. The Hall–Kier alpha value is -2.30. The number of amides is 1. The Kier molecular flexibility index (Phi) is 2.02. The molecule has 0 radical (unpaired) electrons. The molecule has 5 nitrogen and oxygen atoms in total. The number of fused-ring (bicyclic) bond motifs is 3. The van der Waals surface area contributed by atoms with Crippen LogP contribution < -0.4 is 16.1 Å². The Morgan fingerprint density at radius 3 is 2.78 bits per heavy atom. The minimum atomic E-state index is -0.419. The largest absolute Gasteiger partial charge is 0.324 e. The average molecular weight is 242 g/mol. The minimum absolute atomic E-state index is 0.125. The van der Waals surface area contributed by atoms with E-state index in [1.54, 1.807) is 6.08 Å². The van der Waals surface area contributed by atoms with Gasteiger partial charge in [-0.15, -0.1) is 0 Å². The lowest BCUT2D eigenvalue weighted by atomic mass is 9.98. The zero-order valence-electron chi connectivity index (χ0n) is 10.3. The molecule has 0 spiro atoms. The molecule has 0 saturated carbocycles. The number of carbonyl (C=O) groups is 1. The van der Waals surface area contributed by atoms with E-state index in [1.807, 2.05) is 43.0 Å². The summed E-state index contributed by atoms with van der Waals surface area (Å²) in [6.45, 7) is 4.00. The fraction of sp³-hybridized carbons (Fsp3) is 0.231. The molecule has 5 heteroatoms. The van der Waals surface area contributed by atoms with Crippen molar-refractivity contribution in [1.29, 1.82) is 0 Å².